The number of carbonyl (C=O) groups is 2. The molecule has 3 unspecified atom stereocenters. The first-order valence-electron chi connectivity index (χ1n) is 12.9. The minimum atomic E-state index is -1.26. The van der Waals surface area contributed by atoms with Crippen LogP contribution in [0.1, 0.15) is 85.2 Å². The normalized spacial score (nSPS) is 36.8. The molecule has 2 aliphatic heterocycles. The first-order valence-corrected chi connectivity index (χ1v) is 12.9. The number of carbonyl (C=O) groups excluding carboxylic acids is 2. The lowest BCUT2D eigenvalue weighted by atomic mass is 9.73. The van der Waals surface area contributed by atoms with Gasteiger partial charge in [-0.2, -0.15) is 0 Å². The van der Waals surface area contributed by atoms with Gasteiger partial charge >= 0.3 is 5.97 Å². The van der Waals surface area contributed by atoms with Crippen LogP contribution in [-0.4, -0.2) is 57.0 Å². The van der Waals surface area contributed by atoms with Gasteiger partial charge in [-0.3, -0.25) is 9.59 Å². The molecule has 0 saturated carbocycles. The number of aromatic nitrogens is 1. The molecule has 9 heteroatoms. The zero-order valence-electron chi connectivity index (χ0n) is 22.3. The fourth-order valence-electron chi connectivity index (χ4n) is 5.11. The molecule has 0 spiro atoms. The molecule has 1 aromatic heterocycles. The summed E-state index contributed by atoms with van der Waals surface area (Å²) in [4.78, 5) is 30.4. The summed E-state index contributed by atoms with van der Waals surface area (Å²) >= 11 is 0. The smallest absolute Gasteiger partial charge is 0.309 e. The van der Waals surface area contributed by atoms with Crippen LogP contribution in [0, 0.1) is 17.3 Å². The second-order valence-electron chi connectivity index (χ2n) is 11.3. The Bertz CT molecular complexity index is 971. The van der Waals surface area contributed by atoms with Gasteiger partial charge in [0.25, 0.3) is 0 Å². The summed E-state index contributed by atoms with van der Waals surface area (Å²) in [5.74, 6) is -1.24. The molecule has 7 atom stereocenters. The molecule has 0 aliphatic carbocycles. The third-order valence-corrected chi connectivity index (χ3v) is 8.03. The van der Waals surface area contributed by atoms with Gasteiger partial charge in [0.05, 0.1) is 42.3 Å². The number of cyclic esters (lactones) is 1. The fourth-order valence-corrected chi connectivity index (χ4v) is 5.11. The quantitative estimate of drug-likeness (QED) is 0.415. The van der Waals surface area contributed by atoms with Crippen molar-refractivity contribution < 1.29 is 33.7 Å². The van der Waals surface area contributed by atoms with E-state index in [0.29, 0.717) is 18.0 Å². The van der Waals surface area contributed by atoms with E-state index in [1.54, 1.807) is 26.8 Å². The second kappa shape index (κ2) is 11.1. The topological polar surface area (TPSA) is 148 Å². The van der Waals surface area contributed by atoms with Crippen molar-refractivity contribution in [1.29, 1.82) is 0 Å². The van der Waals surface area contributed by atoms with Crippen molar-refractivity contribution in [1.82, 2.24) is 4.98 Å². The maximum absolute atomic E-state index is 13.2. The molecule has 3 rings (SSSR count). The maximum atomic E-state index is 13.2. The minimum absolute atomic E-state index is 0.0886. The first kappa shape index (κ1) is 28.5. The Hall–Kier alpha value is -2.07. The number of rotatable bonds is 3. The average molecular weight is 507 g/mol. The highest BCUT2D eigenvalue weighted by Crippen LogP contribution is 2.45. The number of oxazole rings is 1. The van der Waals surface area contributed by atoms with Crippen molar-refractivity contribution in [3.05, 3.63) is 23.4 Å². The number of epoxide rings is 1. The third kappa shape index (κ3) is 6.43. The zero-order chi connectivity index (χ0) is 26.8. The molecule has 2 fully saturated rings. The van der Waals surface area contributed by atoms with E-state index in [-0.39, 0.29) is 36.4 Å². The van der Waals surface area contributed by atoms with Crippen molar-refractivity contribution in [3.8, 4) is 0 Å². The SMILES string of the molecule is CC(=Cc1coc(CN)n1)[C@@H]1C[C@H]2OC2(C)CCCC(C)[C@H](O)C(C)C(=O)C(C)(C)[C@@H](O)CC(=O)O1. The summed E-state index contributed by atoms with van der Waals surface area (Å²) in [5.41, 5.74) is 5.35. The van der Waals surface area contributed by atoms with Crippen molar-refractivity contribution in [3.63, 3.8) is 0 Å². The predicted molar refractivity (Wildman–Crippen MR) is 133 cm³/mol. The van der Waals surface area contributed by atoms with E-state index >= 15 is 0 Å². The molecular weight excluding hydrogens is 464 g/mol. The number of aliphatic hydroxyl groups is 2. The number of esters is 1. The molecular formula is C27H42N2O7. The summed E-state index contributed by atoms with van der Waals surface area (Å²) in [6, 6.07) is 0. The Morgan fingerprint density at radius 2 is 1.94 bits per heavy atom. The van der Waals surface area contributed by atoms with Crippen molar-refractivity contribution >= 4 is 17.8 Å². The van der Waals surface area contributed by atoms with E-state index in [1.165, 1.54) is 6.26 Å². The Kier molecular flexibility index (Phi) is 8.81. The van der Waals surface area contributed by atoms with Gasteiger partial charge in [-0.15, -0.1) is 0 Å². The van der Waals surface area contributed by atoms with Crippen LogP contribution in [0.4, 0.5) is 0 Å². The van der Waals surface area contributed by atoms with Crippen molar-refractivity contribution in [2.75, 3.05) is 0 Å². The minimum Gasteiger partial charge on any atom is -0.458 e. The molecule has 2 saturated heterocycles. The molecule has 3 heterocycles. The maximum Gasteiger partial charge on any atom is 0.309 e. The van der Waals surface area contributed by atoms with Gasteiger partial charge in [-0.1, -0.05) is 34.1 Å². The Labute approximate surface area is 213 Å². The van der Waals surface area contributed by atoms with E-state index < -0.39 is 35.6 Å². The van der Waals surface area contributed by atoms with Crippen LogP contribution < -0.4 is 5.73 Å². The number of aliphatic hydroxyl groups excluding tert-OH is 2. The summed E-state index contributed by atoms with van der Waals surface area (Å²) in [5, 5.41) is 21.7. The fraction of sp³-hybridized carbons (Fsp3) is 0.741. The predicted octanol–water partition coefficient (Wildman–Crippen LogP) is 3.16. The van der Waals surface area contributed by atoms with Gasteiger partial charge in [-0.25, -0.2) is 4.98 Å². The highest BCUT2D eigenvalue weighted by Gasteiger charge is 2.53. The molecule has 4 N–H and O–H groups in total. The van der Waals surface area contributed by atoms with E-state index in [4.69, 9.17) is 19.6 Å². The standard InChI is InChI=1S/C27H42N2O7/c1-15-8-7-9-27(6)21(36-27)11-19(16(2)10-18-14-34-22(13-28)29-18)35-23(31)12-20(30)26(4,5)25(33)17(3)24(15)32/h10,14-15,17,19-21,24,30,32H,7-9,11-13,28H2,1-6H3/t15?,17?,19-,20-,21+,24-,27?/m0/s1. The number of nitrogens with zero attached hydrogens (tertiary/aromatic N) is 1. The molecule has 1 aromatic rings. The van der Waals surface area contributed by atoms with Gasteiger partial charge < -0.3 is 29.8 Å². The van der Waals surface area contributed by atoms with Gasteiger partial charge in [-0.05, 0) is 44.3 Å². The zero-order valence-corrected chi connectivity index (χ0v) is 22.3. The van der Waals surface area contributed by atoms with Crippen molar-refractivity contribution in [2.24, 2.45) is 23.0 Å². The van der Waals surface area contributed by atoms with Crippen LogP contribution in [0.5, 0.6) is 0 Å². The monoisotopic (exact) mass is 506 g/mol. The third-order valence-electron chi connectivity index (χ3n) is 8.03. The van der Waals surface area contributed by atoms with Gasteiger partial charge in [0.15, 0.2) is 0 Å². The van der Waals surface area contributed by atoms with Crippen LogP contribution in [0.15, 0.2) is 16.3 Å². The van der Waals surface area contributed by atoms with Crippen LogP contribution in [0.25, 0.3) is 6.08 Å². The number of nitrogens with two attached hydrogens (primary N) is 1. The summed E-state index contributed by atoms with van der Waals surface area (Å²) in [7, 11) is 0. The summed E-state index contributed by atoms with van der Waals surface area (Å²) < 4.78 is 17.2. The molecule has 0 amide bonds. The van der Waals surface area contributed by atoms with Crippen LogP contribution in [-0.2, 0) is 25.6 Å². The van der Waals surface area contributed by atoms with Crippen LogP contribution >= 0.6 is 0 Å². The summed E-state index contributed by atoms with van der Waals surface area (Å²) in [6.07, 6.45) is 3.00. The lowest BCUT2D eigenvalue weighted by molar-refractivity contribution is -0.154. The van der Waals surface area contributed by atoms with E-state index in [1.807, 2.05) is 20.8 Å². The molecule has 0 bridgehead atoms. The highest BCUT2D eigenvalue weighted by atomic mass is 16.6. The lowest BCUT2D eigenvalue weighted by Crippen LogP contribution is -2.45. The number of Topliss-reactive ketones (excluding diaryl/α,β-unsaturated/α-hetero) is 1. The van der Waals surface area contributed by atoms with Gasteiger partial charge in [0.2, 0.25) is 5.89 Å². The van der Waals surface area contributed by atoms with Gasteiger partial charge in [0.1, 0.15) is 23.8 Å². The molecule has 0 aromatic carbocycles. The Morgan fingerprint density at radius 1 is 1.25 bits per heavy atom. The highest BCUT2D eigenvalue weighted by molar-refractivity contribution is 5.88. The van der Waals surface area contributed by atoms with E-state index in [9.17, 15) is 19.8 Å². The number of ether oxygens (including phenoxy) is 2. The average Bonchev–Trinajstić information content (AvgIpc) is 3.23. The molecule has 202 valence electrons. The van der Waals surface area contributed by atoms with E-state index in [0.717, 1.165) is 24.8 Å². The Morgan fingerprint density at radius 3 is 2.58 bits per heavy atom. The number of hydrogen-bond acceptors (Lipinski definition) is 9. The molecule has 36 heavy (non-hydrogen) atoms. The molecule has 2 aliphatic rings. The van der Waals surface area contributed by atoms with Gasteiger partial charge in [0, 0.05) is 12.3 Å². The second-order valence-corrected chi connectivity index (χ2v) is 11.3. The number of fused-ring (bicyclic) bond motifs is 1. The lowest BCUT2D eigenvalue weighted by Gasteiger charge is -2.34. The van der Waals surface area contributed by atoms with Crippen molar-refractivity contribution in [2.45, 2.75) is 110 Å². The van der Waals surface area contributed by atoms with Crippen LogP contribution in [0.3, 0.4) is 0 Å². The van der Waals surface area contributed by atoms with E-state index in [2.05, 4.69) is 4.98 Å². The summed E-state index contributed by atoms with van der Waals surface area (Å²) in [6.45, 7) is 10.9. The number of hydrogen-bond donors (Lipinski definition) is 3. The Balaban J connectivity index is 1.85. The molecule has 0 radical (unpaired) electrons. The molecule has 9 nitrogen and oxygen atoms in total. The van der Waals surface area contributed by atoms with Crippen LogP contribution in [0.2, 0.25) is 0 Å². The first-order chi connectivity index (χ1) is 16.8. The number of ketones is 1. The largest absolute Gasteiger partial charge is 0.458 e.